The molecule has 0 aliphatic carbocycles. The predicted molar refractivity (Wildman–Crippen MR) is 61.9 cm³/mol. The van der Waals surface area contributed by atoms with Gasteiger partial charge < -0.3 is 15.3 Å². The Balaban J connectivity index is 3.12. The standard InChI is InChI=1S/C9H8BrN3O2/c1-13-6-3-4(10)2-5(11)7(6)12-8(14)9(13)15/h2-3H,11H2,1H3,(H,12,14). The van der Waals surface area contributed by atoms with Crippen molar-refractivity contribution < 1.29 is 0 Å². The molecule has 0 saturated heterocycles. The molecule has 0 radical (unpaired) electrons. The summed E-state index contributed by atoms with van der Waals surface area (Å²) in [6.45, 7) is 0. The topological polar surface area (TPSA) is 80.9 Å². The van der Waals surface area contributed by atoms with E-state index < -0.39 is 11.1 Å². The van der Waals surface area contributed by atoms with Gasteiger partial charge in [-0.1, -0.05) is 15.9 Å². The molecule has 6 heteroatoms. The molecule has 78 valence electrons. The van der Waals surface area contributed by atoms with Crippen LogP contribution in [0, 0.1) is 0 Å². The van der Waals surface area contributed by atoms with E-state index in [1.54, 1.807) is 12.1 Å². The highest BCUT2D eigenvalue weighted by Crippen LogP contribution is 2.22. The summed E-state index contributed by atoms with van der Waals surface area (Å²) in [4.78, 5) is 25.1. The number of hydrogen-bond donors (Lipinski definition) is 2. The quantitative estimate of drug-likeness (QED) is 0.542. The number of aromatic nitrogens is 2. The van der Waals surface area contributed by atoms with Gasteiger partial charge in [0.25, 0.3) is 0 Å². The molecule has 1 aromatic carbocycles. The molecule has 0 fully saturated rings. The maximum Gasteiger partial charge on any atom is 0.316 e. The van der Waals surface area contributed by atoms with E-state index in [9.17, 15) is 9.59 Å². The van der Waals surface area contributed by atoms with Crippen LogP contribution in [-0.4, -0.2) is 9.55 Å². The Hall–Kier alpha value is -1.56. The number of aromatic amines is 1. The molecule has 3 N–H and O–H groups in total. The maximum absolute atomic E-state index is 11.4. The van der Waals surface area contributed by atoms with E-state index in [0.29, 0.717) is 16.7 Å². The lowest BCUT2D eigenvalue weighted by Gasteiger charge is -2.06. The lowest BCUT2D eigenvalue weighted by molar-refractivity contribution is 0.874. The smallest absolute Gasteiger partial charge is 0.316 e. The zero-order valence-electron chi connectivity index (χ0n) is 7.87. The molecular formula is C9H8BrN3O2. The minimum atomic E-state index is -0.668. The van der Waals surface area contributed by atoms with Crippen LogP contribution in [-0.2, 0) is 7.05 Å². The van der Waals surface area contributed by atoms with Gasteiger partial charge in [0, 0.05) is 11.5 Å². The van der Waals surface area contributed by atoms with E-state index in [4.69, 9.17) is 5.73 Å². The molecule has 0 saturated carbocycles. The molecule has 0 bridgehead atoms. The fourth-order valence-corrected chi connectivity index (χ4v) is 1.91. The van der Waals surface area contributed by atoms with E-state index in [0.717, 1.165) is 4.47 Å². The third-order valence-corrected chi connectivity index (χ3v) is 2.67. The first-order valence-corrected chi connectivity index (χ1v) is 4.98. The second kappa shape index (κ2) is 3.23. The summed E-state index contributed by atoms with van der Waals surface area (Å²) >= 11 is 3.27. The van der Waals surface area contributed by atoms with Crippen molar-refractivity contribution in [3.05, 3.63) is 37.3 Å². The fourth-order valence-electron chi connectivity index (χ4n) is 1.44. The third kappa shape index (κ3) is 1.46. The van der Waals surface area contributed by atoms with Crippen LogP contribution in [0.25, 0.3) is 11.0 Å². The van der Waals surface area contributed by atoms with E-state index >= 15 is 0 Å². The molecule has 0 atom stereocenters. The SMILES string of the molecule is Cn1c(=O)c(=O)[nH]c2c(N)cc(Br)cc21. The molecule has 1 heterocycles. The van der Waals surface area contributed by atoms with Crippen molar-refractivity contribution in [2.24, 2.45) is 7.05 Å². The number of nitrogens with zero attached hydrogens (tertiary/aromatic N) is 1. The number of nitrogens with two attached hydrogens (primary N) is 1. The summed E-state index contributed by atoms with van der Waals surface area (Å²) in [6, 6.07) is 3.39. The Morgan fingerprint density at radius 1 is 1.40 bits per heavy atom. The van der Waals surface area contributed by atoms with Crippen molar-refractivity contribution in [1.29, 1.82) is 0 Å². The number of fused-ring (bicyclic) bond motifs is 1. The van der Waals surface area contributed by atoms with E-state index in [1.807, 2.05) is 0 Å². The average Bonchev–Trinajstić information content (AvgIpc) is 2.17. The molecule has 0 aliphatic rings. The molecule has 2 rings (SSSR count). The first-order valence-electron chi connectivity index (χ1n) is 4.19. The molecule has 0 unspecified atom stereocenters. The second-order valence-electron chi connectivity index (χ2n) is 3.21. The molecule has 2 aromatic rings. The van der Waals surface area contributed by atoms with Gasteiger partial charge in [0.1, 0.15) is 0 Å². The zero-order valence-corrected chi connectivity index (χ0v) is 9.46. The Morgan fingerprint density at radius 3 is 2.73 bits per heavy atom. The fraction of sp³-hybridized carbons (Fsp3) is 0.111. The lowest BCUT2D eigenvalue weighted by atomic mass is 10.2. The van der Waals surface area contributed by atoms with Gasteiger partial charge in [0.15, 0.2) is 0 Å². The predicted octanol–water partition coefficient (Wildman–Crippen LogP) is 0.572. The number of aryl methyl sites for hydroxylation is 1. The van der Waals surface area contributed by atoms with Crippen molar-refractivity contribution in [2.45, 2.75) is 0 Å². The van der Waals surface area contributed by atoms with E-state index in [1.165, 1.54) is 11.6 Å². The highest BCUT2D eigenvalue weighted by Gasteiger charge is 2.07. The number of halogens is 1. The van der Waals surface area contributed by atoms with Crippen LogP contribution >= 0.6 is 15.9 Å². The van der Waals surface area contributed by atoms with Gasteiger partial charge in [-0.3, -0.25) is 9.59 Å². The third-order valence-electron chi connectivity index (χ3n) is 2.21. The van der Waals surface area contributed by atoms with Crippen LogP contribution in [0.15, 0.2) is 26.2 Å². The normalized spacial score (nSPS) is 10.8. The molecular weight excluding hydrogens is 262 g/mol. The van der Waals surface area contributed by atoms with Crippen LogP contribution in [0.3, 0.4) is 0 Å². The Morgan fingerprint density at radius 2 is 2.07 bits per heavy atom. The van der Waals surface area contributed by atoms with Crippen molar-refractivity contribution in [3.63, 3.8) is 0 Å². The van der Waals surface area contributed by atoms with Gasteiger partial charge in [-0.25, -0.2) is 0 Å². The van der Waals surface area contributed by atoms with Crippen LogP contribution in [0.4, 0.5) is 5.69 Å². The average molecular weight is 270 g/mol. The van der Waals surface area contributed by atoms with Gasteiger partial charge in [0.2, 0.25) is 0 Å². The van der Waals surface area contributed by atoms with Crippen molar-refractivity contribution in [2.75, 3.05) is 5.73 Å². The molecule has 0 spiro atoms. The summed E-state index contributed by atoms with van der Waals surface area (Å²) in [5.74, 6) is 0. The molecule has 5 nitrogen and oxygen atoms in total. The van der Waals surface area contributed by atoms with Gasteiger partial charge in [-0.15, -0.1) is 0 Å². The van der Waals surface area contributed by atoms with Crippen molar-refractivity contribution in [1.82, 2.24) is 9.55 Å². The lowest BCUT2D eigenvalue weighted by Crippen LogP contribution is -2.34. The van der Waals surface area contributed by atoms with Gasteiger partial charge in [-0.2, -0.15) is 0 Å². The highest BCUT2D eigenvalue weighted by molar-refractivity contribution is 9.10. The molecule has 0 aliphatic heterocycles. The van der Waals surface area contributed by atoms with E-state index in [-0.39, 0.29) is 0 Å². The second-order valence-corrected chi connectivity index (χ2v) is 4.12. The minimum Gasteiger partial charge on any atom is -0.397 e. The van der Waals surface area contributed by atoms with Gasteiger partial charge >= 0.3 is 11.1 Å². The monoisotopic (exact) mass is 269 g/mol. The Labute approximate surface area is 92.7 Å². The maximum atomic E-state index is 11.4. The van der Waals surface area contributed by atoms with Gasteiger partial charge in [-0.05, 0) is 12.1 Å². The molecule has 0 amide bonds. The first kappa shape index (κ1) is 9.97. The van der Waals surface area contributed by atoms with Crippen LogP contribution in [0.2, 0.25) is 0 Å². The number of nitrogen functional groups attached to an aromatic ring is 1. The Bertz CT molecular complexity index is 657. The number of anilines is 1. The minimum absolute atomic E-state index is 0.423. The van der Waals surface area contributed by atoms with Gasteiger partial charge in [0.05, 0.1) is 16.7 Å². The number of H-pyrrole nitrogens is 1. The van der Waals surface area contributed by atoms with Crippen molar-refractivity contribution in [3.8, 4) is 0 Å². The first-order chi connectivity index (χ1) is 7.00. The van der Waals surface area contributed by atoms with Crippen LogP contribution < -0.4 is 16.9 Å². The zero-order chi connectivity index (χ0) is 11.2. The summed E-state index contributed by atoms with van der Waals surface area (Å²) in [5.41, 5.74) is 5.95. The number of benzene rings is 1. The number of nitrogens with one attached hydrogen (secondary N) is 1. The summed E-state index contributed by atoms with van der Waals surface area (Å²) in [5, 5.41) is 0. The highest BCUT2D eigenvalue weighted by atomic mass is 79.9. The number of hydrogen-bond acceptors (Lipinski definition) is 3. The summed E-state index contributed by atoms with van der Waals surface area (Å²) in [7, 11) is 1.53. The largest absolute Gasteiger partial charge is 0.397 e. The van der Waals surface area contributed by atoms with Crippen LogP contribution in [0.5, 0.6) is 0 Å². The number of rotatable bonds is 0. The van der Waals surface area contributed by atoms with Crippen molar-refractivity contribution >= 4 is 32.7 Å². The molecule has 15 heavy (non-hydrogen) atoms. The summed E-state index contributed by atoms with van der Waals surface area (Å²) in [6.07, 6.45) is 0. The van der Waals surface area contributed by atoms with E-state index in [2.05, 4.69) is 20.9 Å². The van der Waals surface area contributed by atoms with Crippen LogP contribution in [0.1, 0.15) is 0 Å². The Kier molecular flexibility index (Phi) is 2.15. The molecule has 1 aromatic heterocycles. The summed E-state index contributed by atoms with van der Waals surface area (Å²) < 4.78 is 2.03.